The molecule has 0 saturated heterocycles. The maximum absolute atomic E-state index is 12.8. The summed E-state index contributed by atoms with van der Waals surface area (Å²) in [6.45, 7) is 6.20. The number of anilines is 1. The fraction of sp³-hybridized carbons (Fsp3) is 0.105. The highest BCUT2D eigenvalue weighted by molar-refractivity contribution is 6.21. The van der Waals surface area contributed by atoms with Gasteiger partial charge in [0.2, 0.25) is 0 Å². The van der Waals surface area contributed by atoms with Crippen molar-refractivity contribution in [2.75, 3.05) is 5.32 Å². The van der Waals surface area contributed by atoms with Gasteiger partial charge in [-0.1, -0.05) is 55.8 Å². The third kappa shape index (κ3) is 6.14. The molecule has 8 nitrogen and oxygen atoms in total. The summed E-state index contributed by atoms with van der Waals surface area (Å²) in [6, 6.07) is 32.4. The number of carbonyl (C=O) groups excluding carboxylic acids is 4. The second-order valence-electron chi connectivity index (χ2n) is 11.6. The number of benzene rings is 5. The summed E-state index contributed by atoms with van der Waals surface area (Å²) in [5, 5.41) is 5.10. The van der Waals surface area contributed by atoms with E-state index in [0.29, 0.717) is 46.1 Å². The summed E-state index contributed by atoms with van der Waals surface area (Å²) in [4.78, 5) is 48.4. The molecule has 1 aliphatic heterocycles. The van der Waals surface area contributed by atoms with Crippen molar-refractivity contribution < 1.29 is 28.7 Å². The Bertz CT molecular complexity index is 1980. The Balaban J connectivity index is 1.11. The second kappa shape index (κ2) is 12.2. The van der Waals surface area contributed by atoms with E-state index in [1.54, 1.807) is 36.4 Å². The predicted octanol–water partition coefficient (Wildman–Crippen LogP) is 7.85. The SMILES string of the molecule is Cc1ccc(NC(=O)c2ccc(Oc3ccc(C(C)(C)c4ccc(Oc5ccc6c(c5)C(=O)NC6=O)cc4)cc3)cc2C=O)cc1. The van der Waals surface area contributed by atoms with Crippen LogP contribution in [0.15, 0.2) is 109 Å². The van der Waals surface area contributed by atoms with E-state index in [1.807, 2.05) is 79.7 Å². The molecule has 0 atom stereocenters. The molecule has 0 unspecified atom stereocenters. The zero-order valence-corrected chi connectivity index (χ0v) is 25.4. The Hall–Kier alpha value is -6.02. The first-order valence-corrected chi connectivity index (χ1v) is 14.6. The lowest BCUT2D eigenvalue weighted by Crippen LogP contribution is -2.19. The van der Waals surface area contributed by atoms with Gasteiger partial charge in [0.1, 0.15) is 23.0 Å². The number of aryl methyl sites for hydroxylation is 1. The molecular formula is C38H30N2O6. The van der Waals surface area contributed by atoms with Gasteiger partial charge in [-0.15, -0.1) is 0 Å². The lowest BCUT2D eigenvalue weighted by Gasteiger charge is -2.26. The summed E-state index contributed by atoms with van der Waals surface area (Å²) in [5.74, 6) is 0.876. The summed E-state index contributed by atoms with van der Waals surface area (Å²) in [5.41, 5.74) is 4.62. The molecule has 0 aromatic heterocycles. The van der Waals surface area contributed by atoms with Gasteiger partial charge in [-0.05, 0) is 90.8 Å². The van der Waals surface area contributed by atoms with Gasteiger partial charge in [0.05, 0.1) is 16.7 Å². The zero-order chi connectivity index (χ0) is 32.4. The lowest BCUT2D eigenvalue weighted by atomic mass is 9.78. The van der Waals surface area contributed by atoms with E-state index < -0.39 is 11.8 Å². The van der Waals surface area contributed by atoms with E-state index in [9.17, 15) is 19.2 Å². The van der Waals surface area contributed by atoms with E-state index in [4.69, 9.17) is 9.47 Å². The molecule has 0 bridgehead atoms. The molecular weight excluding hydrogens is 580 g/mol. The zero-order valence-electron chi connectivity index (χ0n) is 25.4. The van der Waals surface area contributed by atoms with Gasteiger partial charge in [0.25, 0.3) is 17.7 Å². The largest absolute Gasteiger partial charge is 0.457 e. The molecule has 6 rings (SSSR count). The molecule has 0 aliphatic carbocycles. The van der Waals surface area contributed by atoms with Crippen LogP contribution in [0, 0.1) is 6.92 Å². The summed E-state index contributed by atoms with van der Waals surface area (Å²) >= 11 is 0. The maximum Gasteiger partial charge on any atom is 0.259 e. The highest BCUT2D eigenvalue weighted by atomic mass is 16.5. The third-order valence-corrected chi connectivity index (χ3v) is 8.03. The van der Waals surface area contributed by atoms with Crippen LogP contribution in [0.25, 0.3) is 0 Å². The number of hydrogen-bond donors (Lipinski definition) is 2. The van der Waals surface area contributed by atoms with Crippen LogP contribution in [0.5, 0.6) is 23.0 Å². The van der Waals surface area contributed by atoms with E-state index in [2.05, 4.69) is 24.5 Å². The maximum atomic E-state index is 12.8. The van der Waals surface area contributed by atoms with E-state index in [-0.39, 0.29) is 22.4 Å². The van der Waals surface area contributed by atoms with E-state index in [0.717, 1.165) is 16.7 Å². The molecule has 3 amide bonds. The van der Waals surface area contributed by atoms with Crippen LogP contribution in [-0.4, -0.2) is 24.0 Å². The Morgan fingerprint density at radius 2 is 1.20 bits per heavy atom. The van der Waals surface area contributed by atoms with Crippen LogP contribution >= 0.6 is 0 Å². The number of amides is 3. The number of nitrogens with one attached hydrogen (secondary N) is 2. The first-order chi connectivity index (χ1) is 22.1. The van der Waals surface area contributed by atoms with Crippen molar-refractivity contribution in [2.24, 2.45) is 0 Å². The molecule has 0 radical (unpaired) electrons. The van der Waals surface area contributed by atoms with Gasteiger partial charge < -0.3 is 14.8 Å². The number of ether oxygens (including phenoxy) is 2. The standard InChI is InChI=1S/C38H30N2O6/c1-23-4-10-27(11-5-23)39-35(42)32-18-16-30(20-24(32)22-41)45-28-12-6-25(7-13-28)38(2,3)26-8-14-29(15-9-26)46-31-17-19-33-34(21-31)37(44)40-36(33)43/h4-22H,1-3H3,(H,39,42)(H,40,43,44). The second-order valence-corrected chi connectivity index (χ2v) is 11.6. The van der Waals surface area contributed by atoms with Crippen molar-refractivity contribution in [1.29, 1.82) is 0 Å². The van der Waals surface area contributed by atoms with Gasteiger partial charge in [-0.25, -0.2) is 0 Å². The van der Waals surface area contributed by atoms with Gasteiger partial charge in [-0.3, -0.25) is 24.5 Å². The molecule has 228 valence electrons. The van der Waals surface area contributed by atoms with Crippen molar-refractivity contribution in [2.45, 2.75) is 26.2 Å². The molecule has 1 heterocycles. The van der Waals surface area contributed by atoms with Gasteiger partial charge in [0.15, 0.2) is 6.29 Å². The smallest absolute Gasteiger partial charge is 0.259 e. The summed E-state index contributed by atoms with van der Waals surface area (Å²) in [7, 11) is 0. The minimum atomic E-state index is -0.429. The first-order valence-electron chi connectivity index (χ1n) is 14.6. The van der Waals surface area contributed by atoms with E-state index in [1.165, 1.54) is 0 Å². The van der Waals surface area contributed by atoms with Crippen molar-refractivity contribution in [3.63, 3.8) is 0 Å². The molecule has 1 aliphatic rings. The number of aldehydes is 1. The molecule has 8 heteroatoms. The third-order valence-electron chi connectivity index (χ3n) is 8.03. The molecule has 0 saturated carbocycles. The van der Waals surface area contributed by atoms with Crippen LogP contribution in [0.3, 0.4) is 0 Å². The van der Waals surface area contributed by atoms with Crippen LogP contribution in [-0.2, 0) is 5.41 Å². The Morgan fingerprint density at radius 3 is 1.78 bits per heavy atom. The first kappa shape index (κ1) is 30.0. The van der Waals surface area contributed by atoms with Crippen LogP contribution < -0.4 is 20.1 Å². The van der Waals surface area contributed by atoms with Crippen LogP contribution in [0.4, 0.5) is 5.69 Å². The minimum absolute atomic E-state index is 0.226. The molecule has 0 fully saturated rings. The Morgan fingerprint density at radius 1 is 0.674 bits per heavy atom. The Labute approximate surface area is 266 Å². The molecule has 2 N–H and O–H groups in total. The van der Waals surface area contributed by atoms with Gasteiger partial charge in [0, 0.05) is 16.7 Å². The normalized spacial score (nSPS) is 12.2. The van der Waals surface area contributed by atoms with Crippen molar-refractivity contribution in [3.05, 3.63) is 148 Å². The number of carbonyl (C=O) groups is 4. The number of hydrogen-bond acceptors (Lipinski definition) is 6. The quantitative estimate of drug-likeness (QED) is 0.130. The van der Waals surface area contributed by atoms with E-state index >= 15 is 0 Å². The molecule has 5 aromatic carbocycles. The number of fused-ring (bicyclic) bond motifs is 1. The highest BCUT2D eigenvalue weighted by Crippen LogP contribution is 2.35. The summed E-state index contributed by atoms with van der Waals surface area (Å²) in [6.07, 6.45) is 0.644. The monoisotopic (exact) mass is 610 g/mol. The number of rotatable bonds is 9. The average molecular weight is 611 g/mol. The topological polar surface area (TPSA) is 111 Å². The lowest BCUT2D eigenvalue weighted by molar-refractivity contribution is 0.0878. The van der Waals surface area contributed by atoms with Crippen molar-refractivity contribution in [1.82, 2.24) is 5.32 Å². The predicted molar refractivity (Wildman–Crippen MR) is 174 cm³/mol. The molecule has 46 heavy (non-hydrogen) atoms. The minimum Gasteiger partial charge on any atom is -0.457 e. The van der Waals surface area contributed by atoms with Crippen molar-refractivity contribution >= 4 is 29.7 Å². The highest BCUT2D eigenvalue weighted by Gasteiger charge is 2.27. The molecule has 0 spiro atoms. The fourth-order valence-electron chi connectivity index (χ4n) is 5.27. The van der Waals surface area contributed by atoms with Gasteiger partial charge >= 0.3 is 0 Å². The van der Waals surface area contributed by atoms with Gasteiger partial charge in [-0.2, -0.15) is 0 Å². The Kier molecular flexibility index (Phi) is 7.94. The molecule has 5 aromatic rings. The van der Waals surface area contributed by atoms with Crippen LogP contribution in [0.1, 0.15) is 72.0 Å². The average Bonchev–Trinajstić information content (AvgIpc) is 3.34. The fourth-order valence-corrected chi connectivity index (χ4v) is 5.27. The summed E-state index contributed by atoms with van der Waals surface area (Å²) < 4.78 is 12.0. The number of imide groups is 1. The van der Waals surface area contributed by atoms with Crippen LogP contribution in [0.2, 0.25) is 0 Å². The van der Waals surface area contributed by atoms with Crippen molar-refractivity contribution in [3.8, 4) is 23.0 Å².